The van der Waals surface area contributed by atoms with Gasteiger partial charge in [-0.25, -0.2) is 0 Å². The SMILES string of the molecule is N#C/C(=C\c1ccc(-c2cccc([N+](=O)[O-])c2)o1)C(=O)Nc1cc(C(F)(F)F)ccc1Cl. The minimum absolute atomic E-state index is 0.0772. The molecule has 3 aromatic rings. The highest BCUT2D eigenvalue weighted by Gasteiger charge is 2.31. The molecule has 0 aliphatic heterocycles. The smallest absolute Gasteiger partial charge is 0.416 e. The summed E-state index contributed by atoms with van der Waals surface area (Å²) < 4.78 is 44.2. The van der Waals surface area contributed by atoms with Crippen molar-refractivity contribution in [3.05, 3.63) is 86.6 Å². The highest BCUT2D eigenvalue weighted by atomic mass is 35.5. The molecule has 0 radical (unpaired) electrons. The molecule has 162 valence electrons. The van der Waals surface area contributed by atoms with Crippen LogP contribution in [0.3, 0.4) is 0 Å². The van der Waals surface area contributed by atoms with Gasteiger partial charge in [0.15, 0.2) is 0 Å². The third-order valence-corrected chi connectivity index (χ3v) is 4.49. The normalized spacial score (nSPS) is 11.7. The number of nitriles is 1. The minimum Gasteiger partial charge on any atom is -0.457 e. The Hall–Kier alpha value is -4.10. The zero-order chi connectivity index (χ0) is 23.5. The quantitative estimate of drug-likeness (QED) is 0.214. The molecule has 1 heterocycles. The van der Waals surface area contributed by atoms with Gasteiger partial charge in [-0.15, -0.1) is 0 Å². The van der Waals surface area contributed by atoms with Crippen LogP contribution in [0.5, 0.6) is 0 Å². The van der Waals surface area contributed by atoms with E-state index in [0.29, 0.717) is 11.6 Å². The summed E-state index contributed by atoms with van der Waals surface area (Å²) in [7, 11) is 0. The monoisotopic (exact) mass is 461 g/mol. The van der Waals surface area contributed by atoms with Crippen LogP contribution in [-0.2, 0) is 11.0 Å². The van der Waals surface area contributed by atoms with Crippen molar-refractivity contribution in [3.63, 3.8) is 0 Å². The fourth-order valence-electron chi connectivity index (χ4n) is 2.64. The summed E-state index contributed by atoms with van der Waals surface area (Å²) in [5.41, 5.74) is -1.54. The molecular formula is C21H11ClF3N3O4. The molecule has 0 fully saturated rings. The standard InChI is InChI=1S/C21H11ClF3N3O4/c22-17-6-4-14(21(23,24)25)10-18(17)27-20(29)13(11-26)9-16-5-7-19(32-16)12-2-1-3-15(8-12)28(30)31/h1-10H,(H,27,29)/b13-9+. The van der Waals surface area contributed by atoms with Crippen LogP contribution in [0.4, 0.5) is 24.5 Å². The highest BCUT2D eigenvalue weighted by Crippen LogP contribution is 2.34. The molecule has 0 spiro atoms. The number of hydrogen-bond donors (Lipinski definition) is 1. The van der Waals surface area contributed by atoms with Crippen LogP contribution in [0, 0.1) is 21.4 Å². The maximum absolute atomic E-state index is 12.9. The number of nitrogens with one attached hydrogen (secondary N) is 1. The Kier molecular flexibility index (Phi) is 6.32. The maximum Gasteiger partial charge on any atom is 0.416 e. The van der Waals surface area contributed by atoms with Gasteiger partial charge in [-0.05, 0) is 30.3 Å². The molecule has 0 unspecified atom stereocenters. The number of halogens is 4. The lowest BCUT2D eigenvalue weighted by Gasteiger charge is -2.11. The van der Waals surface area contributed by atoms with E-state index in [1.807, 2.05) is 0 Å². The van der Waals surface area contributed by atoms with Gasteiger partial charge < -0.3 is 9.73 Å². The van der Waals surface area contributed by atoms with Gasteiger partial charge in [-0.2, -0.15) is 18.4 Å². The summed E-state index contributed by atoms with van der Waals surface area (Å²) in [6.07, 6.45) is -3.56. The van der Waals surface area contributed by atoms with Gasteiger partial charge in [0.05, 0.1) is 21.2 Å². The van der Waals surface area contributed by atoms with E-state index in [4.69, 9.17) is 16.0 Å². The lowest BCUT2D eigenvalue weighted by Crippen LogP contribution is -2.15. The van der Waals surface area contributed by atoms with E-state index in [0.717, 1.165) is 18.2 Å². The first-order valence-electron chi connectivity index (χ1n) is 8.73. The van der Waals surface area contributed by atoms with Crippen molar-refractivity contribution in [2.45, 2.75) is 6.18 Å². The third-order valence-electron chi connectivity index (χ3n) is 4.16. The van der Waals surface area contributed by atoms with Crippen LogP contribution >= 0.6 is 11.6 Å². The molecule has 1 aromatic heterocycles. The van der Waals surface area contributed by atoms with E-state index in [2.05, 4.69) is 5.32 Å². The Morgan fingerprint density at radius 2 is 1.94 bits per heavy atom. The van der Waals surface area contributed by atoms with Gasteiger partial charge in [-0.1, -0.05) is 23.7 Å². The minimum atomic E-state index is -4.64. The highest BCUT2D eigenvalue weighted by molar-refractivity contribution is 6.34. The second-order valence-corrected chi connectivity index (χ2v) is 6.73. The number of hydrogen-bond acceptors (Lipinski definition) is 5. The van der Waals surface area contributed by atoms with Gasteiger partial charge in [0.1, 0.15) is 23.2 Å². The fourth-order valence-corrected chi connectivity index (χ4v) is 2.80. The number of nitrogens with zero attached hydrogens (tertiary/aromatic N) is 2. The average Bonchev–Trinajstić information content (AvgIpc) is 3.21. The van der Waals surface area contributed by atoms with Crippen LogP contribution in [0.1, 0.15) is 11.3 Å². The number of non-ortho nitro benzene ring substituents is 1. The molecular weight excluding hydrogens is 451 g/mol. The van der Waals surface area contributed by atoms with Crippen LogP contribution in [-0.4, -0.2) is 10.8 Å². The van der Waals surface area contributed by atoms with Gasteiger partial charge in [0, 0.05) is 23.8 Å². The molecule has 0 saturated carbocycles. The first kappa shape index (κ1) is 22.6. The number of amides is 1. The molecule has 0 saturated heterocycles. The van der Waals surface area contributed by atoms with Gasteiger partial charge in [0.25, 0.3) is 11.6 Å². The Morgan fingerprint density at radius 3 is 2.59 bits per heavy atom. The van der Waals surface area contributed by atoms with Crippen LogP contribution < -0.4 is 5.32 Å². The van der Waals surface area contributed by atoms with Crippen LogP contribution in [0.15, 0.2) is 64.6 Å². The van der Waals surface area contributed by atoms with E-state index in [1.54, 1.807) is 12.1 Å². The lowest BCUT2D eigenvalue weighted by atomic mass is 10.1. The first-order chi connectivity index (χ1) is 15.1. The van der Waals surface area contributed by atoms with Crippen molar-refractivity contribution in [1.29, 1.82) is 5.26 Å². The van der Waals surface area contributed by atoms with Crippen LogP contribution in [0.25, 0.3) is 17.4 Å². The molecule has 0 atom stereocenters. The van der Waals surface area contributed by atoms with Crippen molar-refractivity contribution >= 4 is 35.0 Å². The second-order valence-electron chi connectivity index (χ2n) is 6.33. The summed E-state index contributed by atoms with van der Waals surface area (Å²) in [4.78, 5) is 22.7. The van der Waals surface area contributed by atoms with Gasteiger partial charge >= 0.3 is 6.18 Å². The average molecular weight is 462 g/mol. The zero-order valence-corrected chi connectivity index (χ0v) is 16.6. The van der Waals surface area contributed by atoms with Gasteiger partial charge in [-0.3, -0.25) is 14.9 Å². The predicted octanol–water partition coefficient (Wildman–Crippen LogP) is 6.07. The van der Waals surface area contributed by atoms with Crippen molar-refractivity contribution in [3.8, 4) is 17.4 Å². The summed E-state index contributed by atoms with van der Waals surface area (Å²) >= 11 is 5.85. The van der Waals surface area contributed by atoms with E-state index in [1.165, 1.54) is 30.3 Å². The van der Waals surface area contributed by atoms with Crippen molar-refractivity contribution in [2.75, 3.05) is 5.32 Å². The topological polar surface area (TPSA) is 109 Å². The van der Waals surface area contributed by atoms with E-state index in [-0.39, 0.29) is 27.9 Å². The zero-order valence-electron chi connectivity index (χ0n) is 15.8. The first-order valence-corrected chi connectivity index (χ1v) is 9.11. The van der Waals surface area contributed by atoms with E-state index in [9.17, 15) is 33.3 Å². The number of carbonyl (C=O) groups excluding carboxylic acids is 1. The molecule has 0 aliphatic carbocycles. The van der Waals surface area contributed by atoms with Crippen molar-refractivity contribution < 1.29 is 27.3 Å². The number of furan rings is 1. The molecule has 11 heteroatoms. The van der Waals surface area contributed by atoms with Crippen molar-refractivity contribution in [2.24, 2.45) is 0 Å². The fraction of sp³-hybridized carbons (Fsp3) is 0.0476. The molecule has 0 aliphatic rings. The molecule has 1 N–H and O–H groups in total. The summed E-state index contributed by atoms with van der Waals surface area (Å²) in [6.45, 7) is 0. The summed E-state index contributed by atoms with van der Waals surface area (Å²) in [5, 5.41) is 22.2. The number of benzene rings is 2. The third kappa shape index (κ3) is 5.14. The van der Waals surface area contributed by atoms with Crippen LogP contribution in [0.2, 0.25) is 5.02 Å². The summed E-state index contributed by atoms with van der Waals surface area (Å²) in [6, 6.07) is 12.6. The Labute approximate surface area is 183 Å². The Morgan fingerprint density at radius 1 is 1.19 bits per heavy atom. The predicted molar refractivity (Wildman–Crippen MR) is 109 cm³/mol. The number of anilines is 1. The number of carbonyl (C=O) groups is 1. The Balaban J connectivity index is 1.85. The lowest BCUT2D eigenvalue weighted by molar-refractivity contribution is -0.384. The Bertz CT molecular complexity index is 1280. The number of rotatable bonds is 5. The largest absolute Gasteiger partial charge is 0.457 e. The molecule has 2 aromatic carbocycles. The molecule has 32 heavy (non-hydrogen) atoms. The number of nitro groups is 1. The number of nitro benzene ring substituents is 1. The summed E-state index contributed by atoms with van der Waals surface area (Å²) in [5.74, 6) is -0.672. The van der Waals surface area contributed by atoms with E-state index >= 15 is 0 Å². The molecule has 7 nitrogen and oxygen atoms in total. The van der Waals surface area contributed by atoms with Crippen molar-refractivity contribution in [1.82, 2.24) is 0 Å². The second kappa shape index (κ2) is 8.95. The number of alkyl halides is 3. The van der Waals surface area contributed by atoms with E-state index < -0.39 is 28.1 Å². The maximum atomic E-state index is 12.9. The molecule has 3 rings (SSSR count). The van der Waals surface area contributed by atoms with Gasteiger partial charge in [0.2, 0.25) is 0 Å². The molecule has 0 bridgehead atoms. The molecule has 1 amide bonds.